The van der Waals surface area contributed by atoms with Crippen LogP contribution in [0.2, 0.25) is 0 Å². The first kappa shape index (κ1) is 15.2. The van der Waals surface area contributed by atoms with E-state index < -0.39 is 5.97 Å². The molecule has 0 radical (unpaired) electrons. The maximum Gasteiger partial charge on any atom is 0.371 e. The molecule has 0 fully saturated rings. The Bertz CT molecular complexity index is 633. The Labute approximate surface area is 126 Å². The number of carboxylic acid groups (broad SMARTS) is 1. The zero-order chi connectivity index (χ0) is 15.2. The number of rotatable bonds is 6. The van der Waals surface area contributed by atoms with Crippen LogP contribution in [0.3, 0.4) is 0 Å². The number of carbonyl (C=O) groups is 2. The van der Waals surface area contributed by atoms with Crippen molar-refractivity contribution in [1.29, 1.82) is 0 Å². The molecular weight excluding hydrogens is 290 g/mol. The average molecular weight is 305 g/mol. The molecule has 2 aromatic rings. The zero-order valence-electron chi connectivity index (χ0n) is 11.5. The Kier molecular flexibility index (Phi) is 5.05. The van der Waals surface area contributed by atoms with E-state index in [4.69, 9.17) is 9.52 Å². The lowest BCUT2D eigenvalue weighted by atomic mass is 10.1. The third-order valence-electron chi connectivity index (χ3n) is 2.78. The van der Waals surface area contributed by atoms with Crippen LogP contribution in [0.4, 0.5) is 5.69 Å². The fourth-order valence-corrected chi connectivity index (χ4v) is 2.33. The Hall–Kier alpha value is -2.21. The number of carbonyl (C=O) groups excluding carboxylic acids is 1. The van der Waals surface area contributed by atoms with Crippen LogP contribution in [0.1, 0.15) is 23.0 Å². The van der Waals surface area contributed by atoms with E-state index in [1.54, 1.807) is 0 Å². The molecule has 2 rings (SSSR count). The maximum atomic E-state index is 11.8. The molecule has 0 aliphatic carbocycles. The van der Waals surface area contributed by atoms with Gasteiger partial charge in [0.2, 0.25) is 11.7 Å². The normalized spacial score (nSPS) is 10.3. The van der Waals surface area contributed by atoms with E-state index in [1.807, 2.05) is 24.3 Å². The fourth-order valence-electron chi connectivity index (χ4n) is 1.67. The molecule has 2 N–H and O–H groups in total. The monoisotopic (exact) mass is 305 g/mol. The number of hydrogen-bond acceptors (Lipinski definition) is 4. The molecular formula is C15H15NO4S. The first-order valence-electron chi connectivity index (χ1n) is 6.43. The Morgan fingerprint density at radius 1 is 1.19 bits per heavy atom. The number of amides is 1. The topological polar surface area (TPSA) is 79.5 Å². The number of carboxylic acids is 1. The van der Waals surface area contributed by atoms with Gasteiger partial charge in [-0.05, 0) is 36.2 Å². The van der Waals surface area contributed by atoms with Gasteiger partial charge < -0.3 is 14.8 Å². The van der Waals surface area contributed by atoms with Crippen molar-refractivity contribution in [1.82, 2.24) is 0 Å². The van der Waals surface area contributed by atoms with Gasteiger partial charge >= 0.3 is 5.97 Å². The lowest BCUT2D eigenvalue weighted by molar-refractivity contribution is -0.113. The number of thioether (sulfide) groups is 1. The van der Waals surface area contributed by atoms with Gasteiger partial charge in [0.25, 0.3) is 0 Å². The number of anilines is 1. The van der Waals surface area contributed by atoms with E-state index in [1.165, 1.54) is 17.7 Å². The van der Waals surface area contributed by atoms with E-state index >= 15 is 0 Å². The highest BCUT2D eigenvalue weighted by Crippen LogP contribution is 2.21. The van der Waals surface area contributed by atoms with Crippen LogP contribution in [-0.4, -0.2) is 22.7 Å². The summed E-state index contributed by atoms with van der Waals surface area (Å²) in [6.07, 6.45) is 0.953. The Morgan fingerprint density at radius 2 is 1.90 bits per heavy atom. The van der Waals surface area contributed by atoms with Crippen molar-refractivity contribution in [3.05, 3.63) is 47.7 Å². The lowest BCUT2D eigenvalue weighted by Gasteiger charge is -2.05. The van der Waals surface area contributed by atoms with E-state index in [2.05, 4.69) is 12.2 Å². The molecule has 110 valence electrons. The largest absolute Gasteiger partial charge is 0.475 e. The average Bonchev–Trinajstić information content (AvgIpc) is 2.95. The standard InChI is InChI=1S/C15H15NO4S/c1-2-10-3-5-11(6-4-10)16-13(17)9-21-14-8-7-12(20-14)15(18)19/h3-8H,2,9H2,1H3,(H,16,17)(H,18,19). The minimum absolute atomic E-state index is 0.131. The third kappa shape index (κ3) is 4.39. The second-order valence-electron chi connectivity index (χ2n) is 4.31. The number of aromatic carboxylic acids is 1. The van der Waals surface area contributed by atoms with Gasteiger partial charge in [0.1, 0.15) is 0 Å². The van der Waals surface area contributed by atoms with E-state index in [9.17, 15) is 9.59 Å². The van der Waals surface area contributed by atoms with Crippen molar-refractivity contribution in [2.45, 2.75) is 18.4 Å². The number of benzene rings is 1. The van der Waals surface area contributed by atoms with Crippen molar-refractivity contribution >= 4 is 29.3 Å². The van der Waals surface area contributed by atoms with Crippen LogP contribution < -0.4 is 5.32 Å². The van der Waals surface area contributed by atoms with Crippen LogP contribution in [0.25, 0.3) is 0 Å². The SMILES string of the molecule is CCc1ccc(NC(=O)CSc2ccc(C(=O)O)o2)cc1. The van der Waals surface area contributed by atoms with Gasteiger partial charge in [-0.1, -0.05) is 30.8 Å². The van der Waals surface area contributed by atoms with Crippen LogP contribution >= 0.6 is 11.8 Å². The molecule has 1 heterocycles. The van der Waals surface area contributed by atoms with Gasteiger partial charge in [0.05, 0.1) is 5.75 Å². The predicted molar refractivity (Wildman–Crippen MR) is 80.8 cm³/mol. The van der Waals surface area contributed by atoms with Crippen LogP contribution in [0.15, 0.2) is 45.9 Å². The van der Waals surface area contributed by atoms with Crippen molar-refractivity contribution in [2.75, 3.05) is 11.1 Å². The van der Waals surface area contributed by atoms with Crippen molar-refractivity contribution in [3.63, 3.8) is 0 Å². The van der Waals surface area contributed by atoms with Crippen molar-refractivity contribution in [3.8, 4) is 0 Å². The number of hydrogen-bond donors (Lipinski definition) is 2. The minimum Gasteiger partial charge on any atom is -0.475 e. The van der Waals surface area contributed by atoms with Crippen LogP contribution in [0, 0.1) is 0 Å². The fraction of sp³-hybridized carbons (Fsp3) is 0.200. The van der Waals surface area contributed by atoms with Gasteiger partial charge in [-0.2, -0.15) is 0 Å². The van der Waals surface area contributed by atoms with Crippen LogP contribution in [0.5, 0.6) is 0 Å². The summed E-state index contributed by atoms with van der Waals surface area (Å²) in [5.74, 6) is -1.27. The highest BCUT2D eigenvalue weighted by atomic mass is 32.2. The summed E-state index contributed by atoms with van der Waals surface area (Å²) < 4.78 is 5.06. The molecule has 1 aromatic carbocycles. The van der Waals surface area contributed by atoms with Gasteiger partial charge in [-0.3, -0.25) is 4.79 Å². The van der Waals surface area contributed by atoms with E-state index in [0.717, 1.165) is 23.9 Å². The zero-order valence-corrected chi connectivity index (χ0v) is 12.3. The van der Waals surface area contributed by atoms with Crippen molar-refractivity contribution < 1.29 is 19.1 Å². The van der Waals surface area contributed by atoms with Gasteiger partial charge in [-0.25, -0.2) is 4.79 Å². The van der Waals surface area contributed by atoms with Gasteiger partial charge in [0, 0.05) is 5.69 Å². The molecule has 0 unspecified atom stereocenters. The molecule has 1 aromatic heterocycles. The quantitative estimate of drug-likeness (QED) is 0.801. The van der Waals surface area contributed by atoms with Gasteiger partial charge in [0.15, 0.2) is 5.09 Å². The molecule has 0 atom stereocenters. The lowest BCUT2D eigenvalue weighted by Crippen LogP contribution is -2.13. The molecule has 5 nitrogen and oxygen atoms in total. The number of furan rings is 1. The molecule has 0 bridgehead atoms. The summed E-state index contributed by atoms with van der Waals surface area (Å²) in [4.78, 5) is 22.5. The highest BCUT2D eigenvalue weighted by Gasteiger charge is 2.11. The number of aryl methyl sites for hydroxylation is 1. The molecule has 0 aliphatic rings. The maximum absolute atomic E-state index is 11.8. The first-order chi connectivity index (χ1) is 10.1. The molecule has 6 heteroatoms. The molecule has 21 heavy (non-hydrogen) atoms. The van der Waals surface area contributed by atoms with Crippen molar-refractivity contribution in [2.24, 2.45) is 0 Å². The van der Waals surface area contributed by atoms with Gasteiger partial charge in [-0.15, -0.1) is 0 Å². The summed E-state index contributed by atoms with van der Waals surface area (Å²) in [6.45, 7) is 2.07. The van der Waals surface area contributed by atoms with Crippen LogP contribution in [-0.2, 0) is 11.2 Å². The summed E-state index contributed by atoms with van der Waals surface area (Å²) in [6, 6.07) is 10.6. The molecule has 0 saturated heterocycles. The second-order valence-corrected chi connectivity index (χ2v) is 5.29. The smallest absolute Gasteiger partial charge is 0.371 e. The molecule has 1 amide bonds. The summed E-state index contributed by atoms with van der Waals surface area (Å²) >= 11 is 1.15. The summed E-state index contributed by atoms with van der Waals surface area (Å²) in [5.41, 5.74) is 1.95. The molecule has 0 saturated carbocycles. The Balaban J connectivity index is 1.84. The molecule has 0 aliphatic heterocycles. The Morgan fingerprint density at radius 3 is 2.48 bits per heavy atom. The van der Waals surface area contributed by atoms with E-state index in [0.29, 0.717) is 5.09 Å². The minimum atomic E-state index is -1.12. The molecule has 0 spiro atoms. The predicted octanol–water partition coefficient (Wildman–Crippen LogP) is 3.27. The highest BCUT2D eigenvalue weighted by molar-refractivity contribution is 7.99. The van der Waals surface area contributed by atoms with E-state index in [-0.39, 0.29) is 17.4 Å². The first-order valence-corrected chi connectivity index (χ1v) is 7.41. The third-order valence-corrected chi connectivity index (χ3v) is 3.69. The summed E-state index contributed by atoms with van der Waals surface area (Å²) in [7, 11) is 0. The number of nitrogens with one attached hydrogen (secondary N) is 1. The summed E-state index contributed by atoms with van der Waals surface area (Å²) in [5, 5.41) is 11.9. The second kappa shape index (κ2) is 6.99.